The van der Waals surface area contributed by atoms with Gasteiger partial charge < -0.3 is 4.90 Å². The van der Waals surface area contributed by atoms with Crippen molar-refractivity contribution in [2.24, 2.45) is 17.3 Å². The van der Waals surface area contributed by atoms with Crippen LogP contribution in [-0.2, 0) is 11.0 Å². The first-order valence-corrected chi connectivity index (χ1v) is 13.6. The van der Waals surface area contributed by atoms with Gasteiger partial charge in [-0.05, 0) is 50.2 Å². The number of hydrazine groups is 1. The molecule has 2 aromatic heterocycles. The maximum absolute atomic E-state index is 14.1. The number of rotatable bonds is 4. The molecule has 1 spiro atoms. The summed E-state index contributed by atoms with van der Waals surface area (Å²) >= 11 is 7.10. The van der Waals surface area contributed by atoms with Crippen LogP contribution in [0, 0.1) is 24.2 Å². The molecule has 0 radical (unpaired) electrons. The van der Waals surface area contributed by atoms with Crippen LogP contribution >= 0.6 is 11.6 Å². The average Bonchev–Trinajstić information content (AvgIpc) is 3.42. The molecular formula is C27H32ClF3N6O. The molecule has 4 heterocycles. The van der Waals surface area contributed by atoms with Gasteiger partial charge in [0.05, 0.1) is 17.3 Å². The summed E-state index contributed by atoms with van der Waals surface area (Å²) in [5.41, 5.74) is 7.95. The van der Waals surface area contributed by atoms with Gasteiger partial charge in [-0.2, -0.15) is 18.3 Å². The van der Waals surface area contributed by atoms with Gasteiger partial charge in [0.15, 0.2) is 0 Å². The van der Waals surface area contributed by atoms with Crippen LogP contribution in [0.5, 0.6) is 0 Å². The predicted molar refractivity (Wildman–Crippen MR) is 137 cm³/mol. The Bertz CT molecular complexity index is 1260. The number of fused-ring (bicyclic) bond motifs is 1. The fraction of sp³-hybridized carbons (Fsp3) is 0.593. The number of alkyl halides is 4. The smallest absolute Gasteiger partial charge is 0.338 e. The largest absolute Gasteiger partial charge is 0.418 e. The summed E-state index contributed by atoms with van der Waals surface area (Å²) < 4.78 is 44.3. The number of aromatic nitrogens is 3. The van der Waals surface area contributed by atoms with Gasteiger partial charge in [0, 0.05) is 71.6 Å². The van der Waals surface area contributed by atoms with Crippen molar-refractivity contribution >= 4 is 17.5 Å². The number of hydrogen-bond acceptors (Lipinski definition) is 5. The number of carbonyl (C=O) groups excluding carboxylic acids is 1. The Morgan fingerprint density at radius 2 is 2.05 bits per heavy atom. The van der Waals surface area contributed by atoms with Crippen LogP contribution in [0.1, 0.15) is 55.0 Å². The molecule has 2 aliphatic heterocycles. The molecule has 2 N–H and O–H groups in total. The van der Waals surface area contributed by atoms with Crippen LogP contribution < -0.4 is 10.9 Å². The molecule has 2 saturated carbocycles. The zero-order chi connectivity index (χ0) is 27.0. The van der Waals surface area contributed by atoms with Crippen molar-refractivity contribution in [3.63, 3.8) is 0 Å². The van der Waals surface area contributed by atoms with Crippen molar-refractivity contribution in [1.29, 1.82) is 0 Å². The van der Waals surface area contributed by atoms with Crippen LogP contribution in [0.2, 0.25) is 0 Å². The molecule has 2 aliphatic carbocycles. The molecule has 5 unspecified atom stereocenters. The Labute approximate surface area is 224 Å². The molecule has 0 bridgehead atoms. The maximum Gasteiger partial charge on any atom is 0.418 e. The lowest BCUT2D eigenvalue weighted by Gasteiger charge is -2.58. The van der Waals surface area contributed by atoms with Crippen LogP contribution in [0.4, 0.5) is 13.2 Å². The van der Waals surface area contributed by atoms with Gasteiger partial charge in [0.25, 0.3) is 0 Å². The fourth-order valence-electron chi connectivity index (χ4n) is 7.39. The number of carbonyl (C=O) groups is 1. The van der Waals surface area contributed by atoms with Gasteiger partial charge in [-0.15, -0.1) is 11.6 Å². The number of nitrogens with one attached hydrogen (secondary N) is 2. The third-order valence-electron chi connectivity index (χ3n) is 9.25. The summed E-state index contributed by atoms with van der Waals surface area (Å²) in [5, 5.41) is 4.68. The van der Waals surface area contributed by atoms with E-state index in [1.165, 1.54) is 18.3 Å². The zero-order valence-electron chi connectivity index (χ0n) is 21.4. The molecule has 6 rings (SSSR count). The van der Waals surface area contributed by atoms with E-state index in [4.69, 9.17) is 16.7 Å². The van der Waals surface area contributed by atoms with E-state index in [2.05, 4.69) is 29.3 Å². The second kappa shape index (κ2) is 9.06. The molecule has 11 heteroatoms. The minimum absolute atomic E-state index is 0.0438. The third-order valence-corrected chi connectivity index (χ3v) is 9.95. The number of amides is 1. The van der Waals surface area contributed by atoms with E-state index >= 15 is 0 Å². The maximum atomic E-state index is 14.1. The summed E-state index contributed by atoms with van der Waals surface area (Å²) in [4.78, 5) is 17.5. The van der Waals surface area contributed by atoms with E-state index in [-0.39, 0.29) is 52.1 Å². The van der Waals surface area contributed by atoms with E-state index in [0.717, 1.165) is 36.7 Å². The number of halogens is 4. The molecule has 1 amide bonds. The van der Waals surface area contributed by atoms with E-state index in [1.807, 2.05) is 11.6 Å². The van der Waals surface area contributed by atoms with Gasteiger partial charge in [0.2, 0.25) is 5.91 Å². The Morgan fingerprint density at radius 1 is 1.32 bits per heavy atom. The molecule has 2 saturated heterocycles. The molecule has 204 valence electrons. The zero-order valence-corrected chi connectivity index (χ0v) is 22.2. The number of hydrogen-bond donors (Lipinski definition) is 2. The van der Waals surface area contributed by atoms with Gasteiger partial charge in [-0.3, -0.25) is 25.3 Å². The Morgan fingerprint density at radius 3 is 2.74 bits per heavy atom. The van der Waals surface area contributed by atoms with E-state index < -0.39 is 11.7 Å². The number of likely N-dealkylation sites (tertiary alicyclic amines) is 1. The van der Waals surface area contributed by atoms with Gasteiger partial charge in [-0.1, -0.05) is 13.5 Å². The second-order valence-electron chi connectivity index (χ2n) is 11.7. The van der Waals surface area contributed by atoms with Crippen molar-refractivity contribution in [3.8, 4) is 11.3 Å². The lowest BCUT2D eigenvalue weighted by atomic mass is 9.60. The van der Waals surface area contributed by atoms with Crippen LogP contribution in [0.15, 0.2) is 31.1 Å². The first kappa shape index (κ1) is 25.8. The topological polar surface area (TPSA) is 75.1 Å². The first-order valence-electron chi connectivity index (χ1n) is 13.2. The molecule has 4 aliphatic rings. The van der Waals surface area contributed by atoms with Crippen molar-refractivity contribution in [3.05, 3.63) is 47.9 Å². The molecule has 0 aromatic carbocycles. The van der Waals surface area contributed by atoms with Crippen molar-refractivity contribution < 1.29 is 18.0 Å². The minimum Gasteiger partial charge on any atom is -0.338 e. The van der Waals surface area contributed by atoms with Gasteiger partial charge >= 0.3 is 6.18 Å². The quantitative estimate of drug-likeness (QED) is 0.436. The Kier molecular flexibility index (Phi) is 6.16. The summed E-state index contributed by atoms with van der Waals surface area (Å²) in [6.45, 7) is 9.69. The highest BCUT2D eigenvalue weighted by Gasteiger charge is 2.55. The highest BCUT2D eigenvalue weighted by Crippen LogP contribution is 2.56. The van der Waals surface area contributed by atoms with E-state index in [9.17, 15) is 18.0 Å². The summed E-state index contributed by atoms with van der Waals surface area (Å²) in [6.07, 6.45) is 1.61. The molecule has 5 atom stereocenters. The van der Waals surface area contributed by atoms with E-state index in [0.29, 0.717) is 25.3 Å². The van der Waals surface area contributed by atoms with Crippen molar-refractivity contribution in [2.75, 3.05) is 19.6 Å². The lowest BCUT2D eigenvalue weighted by molar-refractivity contribution is -0.149. The highest BCUT2D eigenvalue weighted by atomic mass is 35.5. The Balaban J connectivity index is 1.42. The first-order chi connectivity index (χ1) is 18.0. The number of nitrogens with zero attached hydrogens (tertiary/aromatic N) is 4. The molecule has 2 aromatic rings. The number of pyridine rings is 1. The average molecular weight is 549 g/mol. The third kappa shape index (κ3) is 3.98. The molecule has 7 nitrogen and oxygen atoms in total. The molecule has 38 heavy (non-hydrogen) atoms. The van der Waals surface area contributed by atoms with Crippen LogP contribution in [0.3, 0.4) is 0 Å². The fourth-order valence-corrected chi connectivity index (χ4v) is 7.81. The van der Waals surface area contributed by atoms with Crippen LogP contribution in [0.25, 0.3) is 11.3 Å². The van der Waals surface area contributed by atoms with Gasteiger partial charge in [-0.25, -0.2) is 0 Å². The standard InChI is InChI=1S/C27H32ClF3N6O/c1-4-21(38)36-12-26(13-36)8-16(9-26)37-15(3)22(23-18-10-33-34-20(18)7-14(2)24(23)28)25(35-37)17-5-6-32-11-19(17)27(29,30)31/h4-6,11,14,16,18,20,23-24,33-34H,1,7-10,12-13H2,2-3H3. The molecule has 4 fully saturated rings. The normalized spacial score (nSPS) is 30.6. The van der Waals surface area contributed by atoms with Crippen molar-refractivity contribution in [2.45, 2.75) is 62.7 Å². The van der Waals surface area contributed by atoms with Gasteiger partial charge in [0.1, 0.15) is 0 Å². The Hall–Kier alpha value is -2.43. The van der Waals surface area contributed by atoms with Crippen LogP contribution in [-0.4, -0.2) is 56.6 Å². The second-order valence-corrected chi connectivity index (χ2v) is 12.2. The highest BCUT2D eigenvalue weighted by molar-refractivity contribution is 6.21. The van der Waals surface area contributed by atoms with Crippen molar-refractivity contribution in [1.82, 2.24) is 30.5 Å². The lowest BCUT2D eigenvalue weighted by Crippen LogP contribution is -2.63. The molecular weight excluding hydrogens is 517 g/mol. The van der Waals surface area contributed by atoms with E-state index in [1.54, 1.807) is 4.90 Å². The monoisotopic (exact) mass is 548 g/mol. The SMILES string of the molecule is C=CC(=O)N1CC2(CC(n3nc(-c4ccncc4C(F)(F)F)c(C4C(Cl)C(C)CC5NNCC54)c3C)C2)C1. The summed E-state index contributed by atoms with van der Waals surface area (Å²) in [7, 11) is 0. The predicted octanol–water partition coefficient (Wildman–Crippen LogP) is 4.45. The minimum atomic E-state index is -4.56. The summed E-state index contributed by atoms with van der Waals surface area (Å²) in [5.74, 6) is 0.0899. The summed E-state index contributed by atoms with van der Waals surface area (Å²) in [6, 6.07) is 1.67.